The lowest BCUT2D eigenvalue weighted by atomic mass is 10.0. The van der Waals surface area contributed by atoms with E-state index in [1.54, 1.807) is 18.2 Å². The lowest BCUT2D eigenvalue weighted by molar-refractivity contribution is -0.139. The molecule has 2 aromatic carbocycles. The zero-order valence-electron chi connectivity index (χ0n) is 13.6. The third-order valence-corrected chi connectivity index (χ3v) is 3.63. The normalized spacial score (nSPS) is 10.2. The maximum Gasteiger partial charge on any atom is 0.341 e. The van der Waals surface area contributed by atoms with Crippen molar-refractivity contribution in [1.82, 2.24) is 5.32 Å². The van der Waals surface area contributed by atoms with Crippen molar-refractivity contribution >= 4 is 11.9 Å². The number of aliphatic carboxylic acids is 1. The Morgan fingerprint density at radius 1 is 1.12 bits per heavy atom. The molecule has 0 bridgehead atoms. The van der Waals surface area contributed by atoms with Gasteiger partial charge in [-0.25, -0.2) is 4.79 Å². The molecular formula is C19H21NO4. The van der Waals surface area contributed by atoms with Crippen LogP contribution in [-0.4, -0.2) is 23.6 Å². The lowest BCUT2D eigenvalue weighted by Crippen LogP contribution is -2.23. The minimum absolute atomic E-state index is 0.0184. The molecule has 2 aromatic rings. The Kier molecular flexibility index (Phi) is 6.37. The Bertz CT molecular complexity index is 712. The van der Waals surface area contributed by atoms with Crippen LogP contribution in [-0.2, 0) is 22.6 Å². The Morgan fingerprint density at radius 3 is 2.67 bits per heavy atom. The number of amides is 1. The van der Waals surface area contributed by atoms with Gasteiger partial charge >= 0.3 is 5.97 Å². The van der Waals surface area contributed by atoms with Crippen LogP contribution in [0.5, 0.6) is 5.75 Å². The number of hydrogen-bond acceptors (Lipinski definition) is 3. The molecular weight excluding hydrogens is 306 g/mol. The van der Waals surface area contributed by atoms with Gasteiger partial charge in [-0.05, 0) is 42.2 Å². The van der Waals surface area contributed by atoms with Crippen LogP contribution >= 0.6 is 0 Å². The van der Waals surface area contributed by atoms with Crippen LogP contribution in [0.15, 0.2) is 48.5 Å². The van der Waals surface area contributed by atoms with Crippen molar-refractivity contribution in [2.24, 2.45) is 0 Å². The SMILES string of the molecule is Cc1ccccc1CCC(=O)NCc1cccc(OCC(=O)O)c1. The standard InChI is InChI=1S/C19H21NO4/c1-14-5-2-3-7-16(14)9-10-18(21)20-12-15-6-4-8-17(11-15)24-13-19(22)23/h2-8,11H,9-10,12-13H2,1H3,(H,20,21)(H,22,23). The number of nitrogens with one attached hydrogen (secondary N) is 1. The molecule has 2 rings (SSSR count). The zero-order valence-corrected chi connectivity index (χ0v) is 13.6. The van der Waals surface area contributed by atoms with Crippen LogP contribution in [0, 0.1) is 6.92 Å². The van der Waals surface area contributed by atoms with E-state index in [2.05, 4.69) is 5.32 Å². The minimum atomic E-state index is -1.02. The first kappa shape index (κ1) is 17.5. The molecule has 5 nitrogen and oxygen atoms in total. The molecule has 1 amide bonds. The fraction of sp³-hybridized carbons (Fsp3) is 0.263. The summed E-state index contributed by atoms with van der Waals surface area (Å²) in [6.07, 6.45) is 1.14. The Labute approximate surface area is 141 Å². The Morgan fingerprint density at radius 2 is 1.92 bits per heavy atom. The second kappa shape index (κ2) is 8.72. The van der Waals surface area contributed by atoms with Crippen LogP contribution in [0.4, 0.5) is 0 Å². The molecule has 0 aliphatic carbocycles. The van der Waals surface area contributed by atoms with Crippen molar-refractivity contribution in [3.05, 3.63) is 65.2 Å². The highest BCUT2D eigenvalue weighted by atomic mass is 16.5. The van der Waals surface area contributed by atoms with E-state index in [4.69, 9.17) is 9.84 Å². The van der Waals surface area contributed by atoms with E-state index in [9.17, 15) is 9.59 Å². The molecule has 0 spiro atoms. The third-order valence-electron chi connectivity index (χ3n) is 3.63. The summed E-state index contributed by atoms with van der Waals surface area (Å²) in [5.41, 5.74) is 3.23. The van der Waals surface area contributed by atoms with Gasteiger partial charge in [-0.2, -0.15) is 0 Å². The summed E-state index contributed by atoms with van der Waals surface area (Å²) in [7, 11) is 0. The Balaban J connectivity index is 1.80. The topological polar surface area (TPSA) is 75.6 Å². The van der Waals surface area contributed by atoms with E-state index in [0.717, 1.165) is 5.56 Å². The van der Waals surface area contributed by atoms with E-state index >= 15 is 0 Å². The number of rotatable bonds is 8. The smallest absolute Gasteiger partial charge is 0.341 e. The summed E-state index contributed by atoms with van der Waals surface area (Å²) in [6, 6.07) is 15.1. The molecule has 126 valence electrons. The van der Waals surface area contributed by atoms with Crippen LogP contribution in [0.3, 0.4) is 0 Å². The van der Waals surface area contributed by atoms with Crippen LogP contribution in [0.1, 0.15) is 23.1 Å². The molecule has 0 atom stereocenters. The van der Waals surface area contributed by atoms with Gasteiger partial charge in [0.15, 0.2) is 6.61 Å². The third kappa shape index (κ3) is 5.76. The van der Waals surface area contributed by atoms with E-state index < -0.39 is 5.97 Å². The zero-order chi connectivity index (χ0) is 17.4. The van der Waals surface area contributed by atoms with Crippen molar-refractivity contribution in [2.75, 3.05) is 6.61 Å². The van der Waals surface area contributed by atoms with Crippen molar-refractivity contribution in [3.63, 3.8) is 0 Å². The summed E-state index contributed by atoms with van der Waals surface area (Å²) in [4.78, 5) is 22.5. The summed E-state index contributed by atoms with van der Waals surface area (Å²) in [5, 5.41) is 11.5. The van der Waals surface area contributed by atoms with Crippen LogP contribution < -0.4 is 10.1 Å². The summed E-state index contributed by atoms with van der Waals surface area (Å²) < 4.78 is 5.12. The summed E-state index contributed by atoms with van der Waals surface area (Å²) >= 11 is 0. The maximum absolute atomic E-state index is 12.0. The monoisotopic (exact) mass is 327 g/mol. The highest BCUT2D eigenvalue weighted by Crippen LogP contribution is 2.13. The molecule has 2 N–H and O–H groups in total. The number of carbonyl (C=O) groups excluding carboxylic acids is 1. The number of carbonyl (C=O) groups is 2. The molecule has 0 aliphatic rings. The van der Waals surface area contributed by atoms with Gasteiger partial charge < -0.3 is 15.2 Å². The molecule has 0 aliphatic heterocycles. The number of carboxylic acids is 1. The van der Waals surface area contributed by atoms with Gasteiger partial charge in [-0.3, -0.25) is 4.79 Å². The average molecular weight is 327 g/mol. The van der Waals surface area contributed by atoms with Crippen molar-refractivity contribution in [1.29, 1.82) is 0 Å². The molecule has 0 saturated heterocycles. The van der Waals surface area contributed by atoms with Crippen molar-refractivity contribution < 1.29 is 19.4 Å². The molecule has 0 radical (unpaired) electrons. The number of hydrogen-bond donors (Lipinski definition) is 2. The first-order valence-corrected chi connectivity index (χ1v) is 7.79. The highest BCUT2D eigenvalue weighted by Gasteiger charge is 2.05. The van der Waals surface area contributed by atoms with Gasteiger partial charge in [-0.15, -0.1) is 0 Å². The molecule has 24 heavy (non-hydrogen) atoms. The van der Waals surface area contributed by atoms with Gasteiger partial charge in [-0.1, -0.05) is 36.4 Å². The lowest BCUT2D eigenvalue weighted by Gasteiger charge is -2.09. The fourth-order valence-corrected chi connectivity index (χ4v) is 2.32. The van der Waals surface area contributed by atoms with Crippen molar-refractivity contribution in [2.45, 2.75) is 26.3 Å². The predicted molar refractivity (Wildman–Crippen MR) is 90.9 cm³/mol. The maximum atomic E-state index is 12.0. The van der Waals surface area contributed by atoms with E-state index in [0.29, 0.717) is 25.1 Å². The van der Waals surface area contributed by atoms with Gasteiger partial charge in [0.05, 0.1) is 0 Å². The summed E-state index contributed by atoms with van der Waals surface area (Å²) in [5.74, 6) is -0.566. The molecule has 0 aromatic heterocycles. The first-order valence-electron chi connectivity index (χ1n) is 7.79. The van der Waals surface area contributed by atoms with Gasteiger partial charge in [0.2, 0.25) is 5.91 Å². The second-order valence-corrected chi connectivity index (χ2v) is 5.53. The second-order valence-electron chi connectivity index (χ2n) is 5.53. The molecule has 0 saturated carbocycles. The van der Waals surface area contributed by atoms with E-state index in [1.165, 1.54) is 11.1 Å². The molecule has 0 heterocycles. The van der Waals surface area contributed by atoms with Crippen LogP contribution in [0.25, 0.3) is 0 Å². The van der Waals surface area contributed by atoms with E-state index in [-0.39, 0.29) is 12.5 Å². The van der Waals surface area contributed by atoms with Crippen LogP contribution in [0.2, 0.25) is 0 Å². The fourth-order valence-electron chi connectivity index (χ4n) is 2.32. The number of carboxylic acid groups (broad SMARTS) is 1. The summed E-state index contributed by atoms with van der Waals surface area (Å²) in [6.45, 7) is 2.04. The van der Waals surface area contributed by atoms with Gasteiger partial charge in [0.25, 0.3) is 0 Å². The number of ether oxygens (including phenoxy) is 1. The first-order chi connectivity index (χ1) is 11.5. The van der Waals surface area contributed by atoms with Gasteiger partial charge in [0, 0.05) is 13.0 Å². The largest absolute Gasteiger partial charge is 0.482 e. The predicted octanol–water partition coefficient (Wildman–Crippen LogP) is 2.71. The van der Waals surface area contributed by atoms with Crippen molar-refractivity contribution in [3.8, 4) is 5.75 Å². The average Bonchev–Trinajstić information content (AvgIpc) is 2.58. The minimum Gasteiger partial charge on any atom is -0.482 e. The Hall–Kier alpha value is -2.82. The van der Waals surface area contributed by atoms with Gasteiger partial charge in [0.1, 0.15) is 5.75 Å². The quantitative estimate of drug-likeness (QED) is 0.782. The van der Waals surface area contributed by atoms with E-state index in [1.807, 2.05) is 37.3 Å². The molecule has 5 heteroatoms. The number of aryl methyl sites for hydroxylation is 2. The number of benzene rings is 2. The molecule has 0 unspecified atom stereocenters. The molecule has 0 fully saturated rings. The highest BCUT2D eigenvalue weighted by molar-refractivity contribution is 5.76.